The first-order chi connectivity index (χ1) is 7.13. The molecule has 0 aliphatic rings. The number of benzene rings is 1. The molecule has 15 heavy (non-hydrogen) atoms. The largest absolute Gasteiger partial charge is 0.465 e. The Morgan fingerprint density at radius 2 is 2.00 bits per heavy atom. The van der Waals surface area contributed by atoms with Crippen LogP contribution in [0.2, 0.25) is 0 Å². The summed E-state index contributed by atoms with van der Waals surface area (Å²) < 4.78 is 4.93. The van der Waals surface area contributed by atoms with Gasteiger partial charge in [0.05, 0.1) is 13.2 Å². The van der Waals surface area contributed by atoms with Gasteiger partial charge < -0.3 is 9.84 Å². The smallest absolute Gasteiger partial charge is 0.302 e. The molecule has 0 saturated heterocycles. The molecule has 3 nitrogen and oxygen atoms in total. The van der Waals surface area contributed by atoms with Crippen LogP contribution in [0.5, 0.6) is 0 Å². The summed E-state index contributed by atoms with van der Waals surface area (Å²) in [5.74, 6) is -0.0736. The van der Waals surface area contributed by atoms with Crippen LogP contribution in [0.25, 0.3) is 0 Å². The van der Waals surface area contributed by atoms with Gasteiger partial charge in [-0.15, -0.1) is 0 Å². The Morgan fingerprint density at radius 3 is 2.47 bits per heavy atom. The van der Waals surface area contributed by atoms with Crippen molar-refractivity contribution in [3.05, 3.63) is 35.4 Å². The van der Waals surface area contributed by atoms with E-state index in [1.54, 1.807) is 0 Å². The molecule has 0 unspecified atom stereocenters. The van der Waals surface area contributed by atoms with Gasteiger partial charge in [0.25, 0.3) is 0 Å². The summed E-state index contributed by atoms with van der Waals surface area (Å²) in [6.07, 6.45) is 0. The van der Waals surface area contributed by atoms with Crippen LogP contribution in [-0.4, -0.2) is 17.7 Å². The Morgan fingerprint density at radius 1 is 1.40 bits per heavy atom. The summed E-state index contributed by atoms with van der Waals surface area (Å²) >= 11 is 0. The number of ether oxygens (including phenoxy) is 1. The SMILES string of the molecule is CC(=O)OC[C@@H](C)c1ccc(CO)cc1. The molecule has 0 amide bonds. The van der Waals surface area contributed by atoms with Gasteiger partial charge in [0.15, 0.2) is 0 Å². The average molecular weight is 208 g/mol. The fourth-order valence-electron chi connectivity index (χ4n) is 1.29. The van der Waals surface area contributed by atoms with E-state index in [4.69, 9.17) is 9.84 Å². The number of hydrogen-bond acceptors (Lipinski definition) is 3. The maximum absolute atomic E-state index is 10.6. The highest BCUT2D eigenvalue weighted by Crippen LogP contribution is 2.16. The zero-order chi connectivity index (χ0) is 11.3. The lowest BCUT2D eigenvalue weighted by atomic mass is 10.0. The highest BCUT2D eigenvalue weighted by atomic mass is 16.5. The molecule has 0 aliphatic heterocycles. The normalized spacial score (nSPS) is 12.2. The van der Waals surface area contributed by atoms with E-state index in [0.717, 1.165) is 11.1 Å². The monoisotopic (exact) mass is 208 g/mol. The quantitative estimate of drug-likeness (QED) is 0.768. The summed E-state index contributed by atoms with van der Waals surface area (Å²) in [5.41, 5.74) is 1.99. The third kappa shape index (κ3) is 3.72. The van der Waals surface area contributed by atoms with Crippen LogP contribution in [-0.2, 0) is 16.1 Å². The molecular weight excluding hydrogens is 192 g/mol. The third-order valence-corrected chi connectivity index (χ3v) is 2.27. The van der Waals surface area contributed by atoms with E-state index in [2.05, 4.69) is 0 Å². The Labute approximate surface area is 89.7 Å². The van der Waals surface area contributed by atoms with Gasteiger partial charge >= 0.3 is 5.97 Å². The van der Waals surface area contributed by atoms with Gasteiger partial charge in [0, 0.05) is 12.8 Å². The van der Waals surface area contributed by atoms with Gasteiger partial charge in [-0.2, -0.15) is 0 Å². The highest BCUT2D eigenvalue weighted by molar-refractivity contribution is 5.65. The van der Waals surface area contributed by atoms with Crippen molar-refractivity contribution in [1.29, 1.82) is 0 Å². The number of aliphatic hydroxyl groups excluding tert-OH is 1. The number of esters is 1. The van der Waals surface area contributed by atoms with Crippen molar-refractivity contribution < 1.29 is 14.6 Å². The van der Waals surface area contributed by atoms with Crippen molar-refractivity contribution >= 4 is 5.97 Å². The zero-order valence-electron chi connectivity index (χ0n) is 9.06. The Hall–Kier alpha value is -1.35. The van der Waals surface area contributed by atoms with Gasteiger partial charge in [0.2, 0.25) is 0 Å². The summed E-state index contributed by atoms with van der Waals surface area (Å²) in [6.45, 7) is 3.85. The number of carbonyl (C=O) groups is 1. The predicted octanol–water partition coefficient (Wildman–Crippen LogP) is 1.85. The van der Waals surface area contributed by atoms with Crippen LogP contribution in [0.4, 0.5) is 0 Å². The number of aliphatic hydroxyl groups is 1. The molecule has 1 atom stereocenters. The second kappa shape index (κ2) is 5.51. The second-order valence-electron chi connectivity index (χ2n) is 3.60. The van der Waals surface area contributed by atoms with Crippen LogP contribution < -0.4 is 0 Å². The summed E-state index contributed by atoms with van der Waals surface area (Å²) in [6, 6.07) is 7.64. The molecule has 0 radical (unpaired) electrons. The topological polar surface area (TPSA) is 46.5 Å². The molecule has 0 aromatic heterocycles. The fourth-order valence-corrected chi connectivity index (χ4v) is 1.29. The van der Waals surface area contributed by atoms with Crippen LogP contribution in [0.15, 0.2) is 24.3 Å². The fraction of sp³-hybridized carbons (Fsp3) is 0.417. The molecule has 1 aromatic carbocycles. The van der Waals surface area contributed by atoms with E-state index < -0.39 is 0 Å². The lowest BCUT2D eigenvalue weighted by Crippen LogP contribution is -2.07. The minimum Gasteiger partial charge on any atom is -0.465 e. The van der Waals surface area contributed by atoms with Crippen molar-refractivity contribution in [3.8, 4) is 0 Å². The van der Waals surface area contributed by atoms with Gasteiger partial charge in [-0.3, -0.25) is 4.79 Å². The summed E-state index contributed by atoms with van der Waals surface area (Å²) in [7, 11) is 0. The Balaban J connectivity index is 2.57. The van der Waals surface area contributed by atoms with Crippen LogP contribution in [0.3, 0.4) is 0 Å². The van der Waals surface area contributed by atoms with Crippen LogP contribution in [0, 0.1) is 0 Å². The van der Waals surface area contributed by atoms with Crippen molar-refractivity contribution in [1.82, 2.24) is 0 Å². The average Bonchev–Trinajstić information content (AvgIpc) is 2.26. The van der Waals surface area contributed by atoms with Gasteiger partial charge in [-0.1, -0.05) is 31.2 Å². The molecule has 0 saturated carbocycles. The van der Waals surface area contributed by atoms with Crippen LogP contribution in [0.1, 0.15) is 30.9 Å². The van der Waals surface area contributed by atoms with E-state index in [1.165, 1.54) is 6.92 Å². The summed E-state index contributed by atoms with van der Waals surface area (Å²) in [4.78, 5) is 10.6. The second-order valence-corrected chi connectivity index (χ2v) is 3.60. The third-order valence-electron chi connectivity index (χ3n) is 2.27. The first kappa shape index (κ1) is 11.7. The molecule has 3 heteroatoms. The highest BCUT2D eigenvalue weighted by Gasteiger charge is 2.06. The Bertz CT molecular complexity index is 316. The van der Waals surface area contributed by atoms with Crippen molar-refractivity contribution in [2.45, 2.75) is 26.4 Å². The maximum atomic E-state index is 10.6. The van der Waals surface area contributed by atoms with E-state index in [1.807, 2.05) is 31.2 Å². The maximum Gasteiger partial charge on any atom is 0.302 e. The molecule has 0 heterocycles. The number of hydrogen-bond donors (Lipinski definition) is 1. The first-order valence-corrected chi connectivity index (χ1v) is 4.96. The number of rotatable bonds is 4. The molecular formula is C12H16O3. The minimum atomic E-state index is -0.256. The van der Waals surface area contributed by atoms with Gasteiger partial charge in [-0.25, -0.2) is 0 Å². The van der Waals surface area contributed by atoms with E-state index >= 15 is 0 Å². The molecule has 0 bridgehead atoms. The number of carbonyl (C=O) groups excluding carboxylic acids is 1. The predicted molar refractivity (Wildman–Crippen MR) is 57.4 cm³/mol. The molecule has 0 aliphatic carbocycles. The lowest BCUT2D eigenvalue weighted by molar-refractivity contribution is -0.141. The molecule has 0 spiro atoms. The molecule has 1 N–H and O–H groups in total. The van der Waals surface area contributed by atoms with Crippen molar-refractivity contribution in [2.24, 2.45) is 0 Å². The lowest BCUT2D eigenvalue weighted by Gasteiger charge is -2.11. The standard InChI is InChI=1S/C12H16O3/c1-9(8-15-10(2)14)12-5-3-11(7-13)4-6-12/h3-6,9,13H,7-8H2,1-2H3/t9-/m1/s1. The summed E-state index contributed by atoms with van der Waals surface area (Å²) in [5, 5.41) is 8.87. The van der Waals surface area contributed by atoms with E-state index in [-0.39, 0.29) is 18.5 Å². The molecule has 82 valence electrons. The molecule has 1 rings (SSSR count). The Kier molecular flexibility index (Phi) is 4.31. The van der Waals surface area contributed by atoms with E-state index in [0.29, 0.717) is 6.61 Å². The van der Waals surface area contributed by atoms with Gasteiger partial charge in [-0.05, 0) is 11.1 Å². The van der Waals surface area contributed by atoms with Crippen LogP contribution >= 0.6 is 0 Å². The van der Waals surface area contributed by atoms with Crippen molar-refractivity contribution in [3.63, 3.8) is 0 Å². The molecule has 1 aromatic rings. The van der Waals surface area contributed by atoms with Gasteiger partial charge in [0.1, 0.15) is 0 Å². The molecule has 0 fully saturated rings. The van der Waals surface area contributed by atoms with E-state index in [9.17, 15) is 4.79 Å². The zero-order valence-corrected chi connectivity index (χ0v) is 9.06. The van der Waals surface area contributed by atoms with Crippen molar-refractivity contribution in [2.75, 3.05) is 6.61 Å². The first-order valence-electron chi connectivity index (χ1n) is 4.96. The minimum absolute atomic E-state index is 0.0542.